The van der Waals surface area contributed by atoms with Gasteiger partial charge in [-0.2, -0.15) is 0 Å². The molecular weight excluding hydrogens is 210 g/mol. The van der Waals surface area contributed by atoms with Gasteiger partial charge in [-0.15, -0.1) is 0 Å². The summed E-state index contributed by atoms with van der Waals surface area (Å²) in [5.41, 5.74) is 0. The highest BCUT2D eigenvalue weighted by Gasteiger charge is 2.19. The standard InChI is InChI=1S/C14H23N3/c1-11-7-4-3-5-8-12(11)16-14-10-6-9-13(15-2)17-14/h6,9-12H,3-5,7-8H2,1-2H3,(H2,15,16,17). The van der Waals surface area contributed by atoms with Gasteiger partial charge in [0.05, 0.1) is 0 Å². The molecule has 1 aliphatic rings. The Balaban J connectivity index is 2.02. The summed E-state index contributed by atoms with van der Waals surface area (Å²) in [5, 5.41) is 6.67. The topological polar surface area (TPSA) is 37.0 Å². The molecule has 0 spiro atoms. The van der Waals surface area contributed by atoms with Crippen molar-refractivity contribution in [1.29, 1.82) is 0 Å². The summed E-state index contributed by atoms with van der Waals surface area (Å²) in [6.07, 6.45) is 6.71. The van der Waals surface area contributed by atoms with Crippen LogP contribution < -0.4 is 10.6 Å². The molecular formula is C14H23N3. The van der Waals surface area contributed by atoms with E-state index in [-0.39, 0.29) is 0 Å². The Kier molecular flexibility index (Phi) is 4.24. The molecule has 0 aromatic carbocycles. The predicted molar refractivity (Wildman–Crippen MR) is 73.4 cm³/mol. The highest BCUT2D eigenvalue weighted by atomic mass is 15.1. The van der Waals surface area contributed by atoms with Crippen molar-refractivity contribution in [2.45, 2.75) is 45.1 Å². The van der Waals surface area contributed by atoms with E-state index in [0.29, 0.717) is 6.04 Å². The molecule has 1 aliphatic carbocycles. The van der Waals surface area contributed by atoms with Crippen LogP contribution in [0.2, 0.25) is 0 Å². The molecule has 1 aromatic rings. The molecule has 0 saturated heterocycles. The molecule has 3 nitrogen and oxygen atoms in total. The minimum Gasteiger partial charge on any atom is -0.373 e. The molecule has 3 heteroatoms. The molecule has 2 atom stereocenters. The first-order valence-electron chi connectivity index (χ1n) is 6.71. The van der Waals surface area contributed by atoms with Crippen molar-refractivity contribution < 1.29 is 0 Å². The fourth-order valence-corrected chi connectivity index (χ4v) is 2.55. The molecule has 17 heavy (non-hydrogen) atoms. The second-order valence-corrected chi connectivity index (χ2v) is 5.02. The lowest BCUT2D eigenvalue weighted by atomic mass is 9.97. The van der Waals surface area contributed by atoms with Gasteiger partial charge in [0, 0.05) is 13.1 Å². The van der Waals surface area contributed by atoms with Gasteiger partial charge in [0.25, 0.3) is 0 Å². The highest BCUT2D eigenvalue weighted by molar-refractivity contribution is 5.45. The van der Waals surface area contributed by atoms with E-state index >= 15 is 0 Å². The lowest BCUT2D eigenvalue weighted by Crippen LogP contribution is -2.26. The number of hydrogen-bond donors (Lipinski definition) is 2. The summed E-state index contributed by atoms with van der Waals surface area (Å²) in [7, 11) is 1.90. The summed E-state index contributed by atoms with van der Waals surface area (Å²) >= 11 is 0. The van der Waals surface area contributed by atoms with Crippen LogP contribution in [0.3, 0.4) is 0 Å². The summed E-state index contributed by atoms with van der Waals surface area (Å²) in [4.78, 5) is 4.53. The van der Waals surface area contributed by atoms with Crippen LogP contribution in [0.1, 0.15) is 39.0 Å². The number of nitrogens with one attached hydrogen (secondary N) is 2. The summed E-state index contributed by atoms with van der Waals surface area (Å²) < 4.78 is 0. The lowest BCUT2D eigenvalue weighted by molar-refractivity contribution is 0.456. The molecule has 2 N–H and O–H groups in total. The van der Waals surface area contributed by atoms with E-state index in [1.54, 1.807) is 0 Å². The van der Waals surface area contributed by atoms with E-state index in [9.17, 15) is 0 Å². The first-order chi connectivity index (χ1) is 8.29. The van der Waals surface area contributed by atoms with Crippen LogP contribution in [0.15, 0.2) is 18.2 Å². The molecule has 1 aromatic heterocycles. The van der Waals surface area contributed by atoms with Gasteiger partial charge in [0.15, 0.2) is 0 Å². The van der Waals surface area contributed by atoms with Gasteiger partial charge >= 0.3 is 0 Å². The third-order valence-corrected chi connectivity index (χ3v) is 3.70. The second-order valence-electron chi connectivity index (χ2n) is 5.02. The predicted octanol–water partition coefficient (Wildman–Crippen LogP) is 3.50. The lowest BCUT2D eigenvalue weighted by Gasteiger charge is -2.23. The van der Waals surface area contributed by atoms with Crippen molar-refractivity contribution in [2.75, 3.05) is 17.7 Å². The number of nitrogens with zero attached hydrogens (tertiary/aromatic N) is 1. The summed E-state index contributed by atoms with van der Waals surface area (Å²) in [6.45, 7) is 2.35. The largest absolute Gasteiger partial charge is 0.373 e. The maximum absolute atomic E-state index is 4.53. The van der Waals surface area contributed by atoms with Crippen molar-refractivity contribution in [3.8, 4) is 0 Å². The van der Waals surface area contributed by atoms with Gasteiger partial charge in [-0.3, -0.25) is 0 Å². The van der Waals surface area contributed by atoms with Crippen molar-refractivity contribution in [1.82, 2.24) is 4.98 Å². The SMILES string of the molecule is CNc1cccc(NC2CCCCCC2C)n1. The Hall–Kier alpha value is -1.25. The Morgan fingerprint density at radius 1 is 1.12 bits per heavy atom. The molecule has 1 heterocycles. The molecule has 94 valence electrons. The monoisotopic (exact) mass is 233 g/mol. The van der Waals surface area contributed by atoms with Gasteiger partial charge in [0.2, 0.25) is 0 Å². The fourth-order valence-electron chi connectivity index (χ4n) is 2.55. The van der Waals surface area contributed by atoms with Crippen LogP contribution >= 0.6 is 0 Å². The van der Waals surface area contributed by atoms with Crippen molar-refractivity contribution in [3.63, 3.8) is 0 Å². The van der Waals surface area contributed by atoms with Gasteiger partial charge in [-0.05, 0) is 30.9 Å². The zero-order valence-electron chi connectivity index (χ0n) is 10.9. The summed E-state index contributed by atoms with van der Waals surface area (Å²) in [5.74, 6) is 2.67. The average Bonchev–Trinajstić information content (AvgIpc) is 2.55. The highest BCUT2D eigenvalue weighted by Crippen LogP contribution is 2.25. The molecule has 2 rings (SSSR count). The maximum atomic E-state index is 4.53. The van der Waals surface area contributed by atoms with Crippen LogP contribution in [-0.4, -0.2) is 18.1 Å². The Morgan fingerprint density at radius 2 is 1.88 bits per heavy atom. The Labute approximate surface area is 104 Å². The third kappa shape index (κ3) is 3.35. The van der Waals surface area contributed by atoms with Gasteiger partial charge < -0.3 is 10.6 Å². The zero-order valence-corrected chi connectivity index (χ0v) is 10.9. The number of hydrogen-bond acceptors (Lipinski definition) is 3. The Bertz CT molecular complexity index is 351. The zero-order chi connectivity index (χ0) is 12.1. The van der Waals surface area contributed by atoms with Crippen LogP contribution in [0.4, 0.5) is 11.6 Å². The molecule has 2 unspecified atom stereocenters. The van der Waals surface area contributed by atoms with E-state index in [1.807, 2.05) is 19.2 Å². The summed E-state index contributed by atoms with van der Waals surface area (Å²) in [6, 6.07) is 6.67. The molecule has 0 radical (unpaired) electrons. The molecule has 1 saturated carbocycles. The third-order valence-electron chi connectivity index (χ3n) is 3.70. The average molecular weight is 233 g/mol. The van der Waals surface area contributed by atoms with Crippen LogP contribution in [0, 0.1) is 5.92 Å². The minimum absolute atomic E-state index is 0.581. The van der Waals surface area contributed by atoms with E-state index in [0.717, 1.165) is 17.6 Å². The maximum Gasteiger partial charge on any atom is 0.128 e. The number of anilines is 2. The first kappa shape index (κ1) is 12.2. The van der Waals surface area contributed by atoms with Crippen molar-refractivity contribution in [2.24, 2.45) is 5.92 Å². The smallest absolute Gasteiger partial charge is 0.128 e. The fraction of sp³-hybridized carbons (Fsp3) is 0.643. The molecule has 0 aliphatic heterocycles. The number of rotatable bonds is 3. The quantitative estimate of drug-likeness (QED) is 0.784. The second kappa shape index (κ2) is 5.89. The first-order valence-corrected chi connectivity index (χ1v) is 6.71. The van der Waals surface area contributed by atoms with Gasteiger partial charge in [0.1, 0.15) is 11.6 Å². The van der Waals surface area contributed by atoms with E-state index in [4.69, 9.17) is 0 Å². The normalized spacial score (nSPS) is 25.1. The van der Waals surface area contributed by atoms with Crippen molar-refractivity contribution in [3.05, 3.63) is 18.2 Å². The van der Waals surface area contributed by atoms with E-state index in [1.165, 1.54) is 32.1 Å². The van der Waals surface area contributed by atoms with Gasteiger partial charge in [-0.25, -0.2) is 4.98 Å². The minimum atomic E-state index is 0.581. The number of aromatic nitrogens is 1. The van der Waals surface area contributed by atoms with Crippen molar-refractivity contribution >= 4 is 11.6 Å². The van der Waals surface area contributed by atoms with Crippen LogP contribution in [0.25, 0.3) is 0 Å². The van der Waals surface area contributed by atoms with E-state index in [2.05, 4.69) is 28.6 Å². The molecule has 0 bridgehead atoms. The van der Waals surface area contributed by atoms with Crippen LogP contribution in [0.5, 0.6) is 0 Å². The van der Waals surface area contributed by atoms with Gasteiger partial charge in [-0.1, -0.05) is 32.3 Å². The van der Waals surface area contributed by atoms with E-state index < -0.39 is 0 Å². The Morgan fingerprint density at radius 3 is 2.71 bits per heavy atom. The number of pyridine rings is 1. The molecule has 0 amide bonds. The van der Waals surface area contributed by atoms with Crippen LogP contribution in [-0.2, 0) is 0 Å². The molecule has 1 fully saturated rings.